The number of ether oxygens (including phenoxy) is 2. The van der Waals surface area contributed by atoms with E-state index in [1.807, 2.05) is 19.9 Å². The van der Waals surface area contributed by atoms with E-state index in [2.05, 4.69) is 5.32 Å². The lowest BCUT2D eigenvalue weighted by Crippen LogP contribution is -2.32. The van der Waals surface area contributed by atoms with Gasteiger partial charge in [-0.25, -0.2) is 4.39 Å². The Morgan fingerprint density at radius 2 is 1.96 bits per heavy atom. The molecule has 4 nitrogen and oxygen atoms in total. The van der Waals surface area contributed by atoms with Crippen molar-refractivity contribution in [2.24, 2.45) is 0 Å². The molecular weight excluding hydrogens is 297 g/mol. The molecule has 23 heavy (non-hydrogen) atoms. The maximum Gasteiger partial charge on any atom is 0.265 e. The number of para-hydroxylation sites is 1. The van der Waals surface area contributed by atoms with Crippen molar-refractivity contribution in [3.05, 3.63) is 54.3 Å². The first-order valence-corrected chi connectivity index (χ1v) is 7.59. The van der Waals surface area contributed by atoms with Gasteiger partial charge in [-0.3, -0.25) is 4.79 Å². The molecule has 0 aromatic heterocycles. The van der Waals surface area contributed by atoms with Crippen LogP contribution in [0.15, 0.2) is 48.5 Å². The fraction of sp³-hybridized carbons (Fsp3) is 0.278. The van der Waals surface area contributed by atoms with E-state index in [-0.39, 0.29) is 11.7 Å². The second-order valence-corrected chi connectivity index (χ2v) is 4.90. The van der Waals surface area contributed by atoms with Gasteiger partial charge >= 0.3 is 0 Å². The first kappa shape index (κ1) is 16.8. The number of anilines is 1. The number of halogens is 1. The molecule has 0 unspecified atom stereocenters. The van der Waals surface area contributed by atoms with Gasteiger partial charge in [0.15, 0.2) is 17.7 Å². The highest BCUT2D eigenvalue weighted by molar-refractivity contribution is 5.94. The molecule has 0 heterocycles. The highest BCUT2D eigenvalue weighted by Crippen LogP contribution is 2.20. The monoisotopic (exact) mass is 317 g/mol. The standard InChI is InChI=1S/C18H20FNO3/c1-3-16(23-17-11-6-5-10-15(17)19)18(21)20-13-8-7-9-14(12-13)22-4-2/h5-12,16H,3-4H2,1-2H3,(H,20,21)/t16-/m0/s1. The van der Waals surface area contributed by atoms with Gasteiger partial charge in [-0.2, -0.15) is 0 Å². The summed E-state index contributed by atoms with van der Waals surface area (Å²) in [6.07, 6.45) is -0.353. The molecule has 0 aliphatic heterocycles. The number of nitrogens with one attached hydrogen (secondary N) is 1. The van der Waals surface area contributed by atoms with Gasteiger partial charge in [-0.15, -0.1) is 0 Å². The summed E-state index contributed by atoms with van der Waals surface area (Å²) < 4.78 is 24.5. The van der Waals surface area contributed by atoms with Crippen molar-refractivity contribution in [2.45, 2.75) is 26.4 Å². The Balaban J connectivity index is 2.05. The minimum absolute atomic E-state index is 0.0672. The van der Waals surface area contributed by atoms with Crippen LogP contribution in [0.3, 0.4) is 0 Å². The minimum atomic E-state index is -0.775. The summed E-state index contributed by atoms with van der Waals surface area (Å²) in [5, 5.41) is 2.77. The Bertz CT molecular complexity index is 660. The average Bonchev–Trinajstić information content (AvgIpc) is 2.54. The fourth-order valence-electron chi connectivity index (χ4n) is 2.07. The molecule has 0 radical (unpaired) electrons. The molecule has 0 aliphatic rings. The predicted octanol–water partition coefficient (Wildman–Crippen LogP) is 4.02. The van der Waals surface area contributed by atoms with Crippen molar-refractivity contribution in [3.63, 3.8) is 0 Å². The van der Waals surface area contributed by atoms with Crippen LogP contribution in [-0.4, -0.2) is 18.6 Å². The van der Waals surface area contributed by atoms with Crippen LogP contribution in [0.2, 0.25) is 0 Å². The zero-order valence-electron chi connectivity index (χ0n) is 13.2. The van der Waals surface area contributed by atoms with E-state index in [1.54, 1.807) is 30.3 Å². The molecule has 2 aromatic rings. The number of rotatable bonds is 7. The van der Waals surface area contributed by atoms with Crippen LogP contribution in [0, 0.1) is 5.82 Å². The van der Waals surface area contributed by atoms with Crippen LogP contribution < -0.4 is 14.8 Å². The fourth-order valence-corrected chi connectivity index (χ4v) is 2.07. The van der Waals surface area contributed by atoms with E-state index in [4.69, 9.17) is 9.47 Å². The lowest BCUT2D eigenvalue weighted by atomic mass is 10.2. The maximum atomic E-state index is 13.6. The molecular formula is C18H20FNO3. The van der Waals surface area contributed by atoms with Crippen molar-refractivity contribution in [2.75, 3.05) is 11.9 Å². The normalized spacial score (nSPS) is 11.6. The van der Waals surface area contributed by atoms with Gasteiger partial charge in [-0.05, 0) is 37.6 Å². The topological polar surface area (TPSA) is 47.6 Å². The molecule has 2 aromatic carbocycles. The van der Waals surface area contributed by atoms with Gasteiger partial charge in [0.25, 0.3) is 5.91 Å². The molecule has 0 spiro atoms. The molecule has 1 atom stereocenters. The van der Waals surface area contributed by atoms with E-state index in [0.29, 0.717) is 24.5 Å². The quantitative estimate of drug-likeness (QED) is 0.839. The van der Waals surface area contributed by atoms with Crippen LogP contribution in [0.1, 0.15) is 20.3 Å². The van der Waals surface area contributed by atoms with E-state index in [1.165, 1.54) is 12.1 Å². The lowest BCUT2D eigenvalue weighted by Gasteiger charge is -2.18. The maximum absolute atomic E-state index is 13.6. The van der Waals surface area contributed by atoms with Crippen LogP contribution in [-0.2, 0) is 4.79 Å². The van der Waals surface area contributed by atoms with E-state index < -0.39 is 11.9 Å². The third kappa shape index (κ3) is 4.71. The summed E-state index contributed by atoms with van der Waals surface area (Å²) in [4.78, 5) is 12.3. The van der Waals surface area contributed by atoms with Gasteiger partial charge in [0.2, 0.25) is 0 Å². The number of hydrogen-bond donors (Lipinski definition) is 1. The summed E-state index contributed by atoms with van der Waals surface area (Å²) in [5.74, 6) is -0.0765. The Hall–Kier alpha value is -2.56. The first-order chi connectivity index (χ1) is 11.1. The first-order valence-electron chi connectivity index (χ1n) is 7.59. The zero-order chi connectivity index (χ0) is 16.7. The highest BCUT2D eigenvalue weighted by atomic mass is 19.1. The smallest absolute Gasteiger partial charge is 0.265 e. The summed E-state index contributed by atoms with van der Waals surface area (Å²) in [5.41, 5.74) is 0.608. The van der Waals surface area contributed by atoms with E-state index in [0.717, 1.165) is 0 Å². The van der Waals surface area contributed by atoms with Gasteiger partial charge in [0.1, 0.15) is 5.75 Å². The Morgan fingerprint density at radius 1 is 1.17 bits per heavy atom. The minimum Gasteiger partial charge on any atom is -0.494 e. The van der Waals surface area contributed by atoms with Crippen molar-refractivity contribution in [1.82, 2.24) is 0 Å². The van der Waals surface area contributed by atoms with Crippen molar-refractivity contribution in [3.8, 4) is 11.5 Å². The lowest BCUT2D eigenvalue weighted by molar-refractivity contribution is -0.122. The van der Waals surface area contributed by atoms with E-state index >= 15 is 0 Å². The zero-order valence-corrected chi connectivity index (χ0v) is 13.2. The molecule has 0 aliphatic carbocycles. The molecule has 0 bridgehead atoms. The molecule has 2 rings (SSSR count). The Labute approximate surface area is 135 Å². The van der Waals surface area contributed by atoms with Gasteiger partial charge < -0.3 is 14.8 Å². The second-order valence-electron chi connectivity index (χ2n) is 4.90. The summed E-state index contributed by atoms with van der Waals surface area (Å²) in [6.45, 7) is 4.24. The molecule has 1 amide bonds. The SMILES string of the molecule is CCOc1cccc(NC(=O)[C@H](CC)Oc2ccccc2F)c1. The van der Waals surface area contributed by atoms with Gasteiger partial charge in [0.05, 0.1) is 6.61 Å². The van der Waals surface area contributed by atoms with Gasteiger partial charge in [-0.1, -0.05) is 25.1 Å². The van der Waals surface area contributed by atoms with Crippen LogP contribution in [0.25, 0.3) is 0 Å². The molecule has 0 fully saturated rings. The highest BCUT2D eigenvalue weighted by Gasteiger charge is 2.20. The van der Waals surface area contributed by atoms with Gasteiger partial charge in [0, 0.05) is 11.8 Å². The third-order valence-corrected chi connectivity index (χ3v) is 3.18. The molecule has 0 saturated carbocycles. The largest absolute Gasteiger partial charge is 0.494 e. The molecule has 122 valence electrons. The predicted molar refractivity (Wildman–Crippen MR) is 87.3 cm³/mol. The summed E-state index contributed by atoms with van der Waals surface area (Å²) in [7, 11) is 0. The van der Waals surface area contributed by atoms with Crippen LogP contribution in [0.4, 0.5) is 10.1 Å². The average molecular weight is 317 g/mol. The second kappa shape index (κ2) is 8.17. The number of carbonyl (C=O) groups excluding carboxylic acids is 1. The van der Waals surface area contributed by atoms with Crippen LogP contribution >= 0.6 is 0 Å². The molecule has 1 N–H and O–H groups in total. The third-order valence-electron chi connectivity index (χ3n) is 3.18. The summed E-state index contributed by atoms with van der Waals surface area (Å²) in [6, 6.07) is 13.1. The Kier molecular flexibility index (Phi) is 5.97. The molecule has 0 saturated heterocycles. The van der Waals surface area contributed by atoms with E-state index in [9.17, 15) is 9.18 Å². The van der Waals surface area contributed by atoms with Crippen molar-refractivity contribution >= 4 is 11.6 Å². The number of amides is 1. The molecule has 5 heteroatoms. The van der Waals surface area contributed by atoms with Crippen molar-refractivity contribution < 1.29 is 18.7 Å². The summed E-state index contributed by atoms with van der Waals surface area (Å²) >= 11 is 0. The van der Waals surface area contributed by atoms with Crippen molar-refractivity contribution in [1.29, 1.82) is 0 Å². The number of hydrogen-bond acceptors (Lipinski definition) is 3. The number of carbonyl (C=O) groups is 1. The Morgan fingerprint density at radius 3 is 2.65 bits per heavy atom. The van der Waals surface area contributed by atoms with Crippen LogP contribution in [0.5, 0.6) is 11.5 Å². The number of benzene rings is 2.